The first-order valence-corrected chi connectivity index (χ1v) is 6.88. The number of nitrogens with one attached hydrogen (secondary N) is 1. The van der Waals surface area contributed by atoms with Gasteiger partial charge < -0.3 is 9.67 Å². The summed E-state index contributed by atoms with van der Waals surface area (Å²) in [4.78, 5) is 26.1. The third-order valence-corrected chi connectivity index (χ3v) is 4.02. The second kappa shape index (κ2) is 4.37. The molecule has 4 rings (SSSR count). The lowest BCUT2D eigenvalue weighted by Crippen LogP contribution is -2.17. The number of nitrogens with zero attached hydrogens (tertiary/aromatic N) is 1. The number of H-pyrrole nitrogens is 1. The second-order valence-corrected chi connectivity index (χ2v) is 5.56. The van der Waals surface area contributed by atoms with Gasteiger partial charge in [0.25, 0.3) is 5.56 Å². The number of aromatic amines is 1. The van der Waals surface area contributed by atoms with Gasteiger partial charge in [0.1, 0.15) is 5.39 Å². The summed E-state index contributed by atoms with van der Waals surface area (Å²) in [6.45, 7) is 0. The largest absolute Gasteiger partial charge is 0.494 e. The van der Waals surface area contributed by atoms with Crippen LogP contribution in [0, 0.1) is 17.5 Å². The number of hydrogen-bond donors (Lipinski definition) is 2. The van der Waals surface area contributed by atoms with Crippen molar-refractivity contribution in [2.24, 2.45) is 0 Å². The molecule has 23 heavy (non-hydrogen) atoms. The molecule has 1 aromatic carbocycles. The summed E-state index contributed by atoms with van der Waals surface area (Å²) in [6, 6.07) is 1.40. The molecule has 118 valence electrons. The molecule has 1 aliphatic rings. The van der Waals surface area contributed by atoms with Gasteiger partial charge in [0.15, 0.2) is 17.5 Å². The normalized spacial score (nSPS) is 14.7. The second-order valence-electron chi connectivity index (χ2n) is 5.56. The zero-order valence-electron chi connectivity index (χ0n) is 11.5. The smallest absolute Gasteiger partial charge is 0.252 e. The Morgan fingerprint density at radius 2 is 1.83 bits per heavy atom. The summed E-state index contributed by atoms with van der Waals surface area (Å²) in [6.07, 6.45) is 1.28. The average Bonchev–Trinajstić information content (AvgIpc) is 3.30. The van der Waals surface area contributed by atoms with Crippen LogP contribution >= 0.6 is 0 Å². The Morgan fingerprint density at radius 3 is 2.48 bits per heavy atom. The van der Waals surface area contributed by atoms with E-state index >= 15 is 0 Å². The van der Waals surface area contributed by atoms with Crippen LogP contribution in [0.2, 0.25) is 0 Å². The third kappa shape index (κ3) is 1.81. The van der Waals surface area contributed by atoms with Crippen molar-refractivity contribution < 1.29 is 18.3 Å². The molecule has 5 nitrogen and oxygen atoms in total. The molecule has 0 saturated heterocycles. The summed E-state index contributed by atoms with van der Waals surface area (Å²) >= 11 is 0. The van der Waals surface area contributed by atoms with Gasteiger partial charge in [0.2, 0.25) is 11.3 Å². The fourth-order valence-electron chi connectivity index (χ4n) is 2.91. The summed E-state index contributed by atoms with van der Waals surface area (Å²) in [5, 5.41) is 9.24. The van der Waals surface area contributed by atoms with Gasteiger partial charge in [-0.05, 0) is 18.9 Å². The van der Waals surface area contributed by atoms with Crippen LogP contribution in [0.1, 0.15) is 18.9 Å². The zero-order chi connectivity index (χ0) is 16.5. The van der Waals surface area contributed by atoms with Crippen molar-refractivity contribution >= 4 is 21.8 Å². The SMILES string of the molecule is O=c1cc2c(c(O)[nH]1)c(=O)c1cc(F)c(F)c(F)c1n2C1CC1. The number of halogens is 3. The zero-order valence-corrected chi connectivity index (χ0v) is 11.5. The number of pyridine rings is 2. The van der Waals surface area contributed by atoms with E-state index in [1.54, 1.807) is 0 Å². The van der Waals surface area contributed by atoms with E-state index in [-0.39, 0.29) is 22.3 Å². The van der Waals surface area contributed by atoms with Crippen LogP contribution in [0.5, 0.6) is 5.88 Å². The Kier molecular flexibility index (Phi) is 2.64. The Balaban J connectivity index is 2.39. The number of aromatic hydroxyl groups is 1. The molecule has 2 N–H and O–H groups in total. The quantitative estimate of drug-likeness (QED) is 0.533. The summed E-state index contributed by atoms with van der Waals surface area (Å²) in [5.41, 5.74) is -1.96. The maximum Gasteiger partial charge on any atom is 0.252 e. The fraction of sp³-hybridized carbons (Fsp3) is 0.200. The first kappa shape index (κ1) is 13.9. The highest BCUT2D eigenvalue weighted by molar-refractivity contribution is 5.96. The minimum absolute atomic E-state index is 0.00356. The van der Waals surface area contributed by atoms with Crippen LogP contribution < -0.4 is 11.0 Å². The van der Waals surface area contributed by atoms with Gasteiger partial charge in [0, 0.05) is 12.1 Å². The molecule has 0 atom stereocenters. The number of rotatable bonds is 1. The molecule has 0 spiro atoms. The van der Waals surface area contributed by atoms with Crippen molar-refractivity contribution in [3.05, 3.63) is 50.2 Å². The van der Waals surface area contributed by atoms with E-state index in [4.69, 9.17) is 0 Å². The van der Waals surface area contributed by atoms with Crippen LogP contribution in [0.4, 0.5) is 13.2 Å². The number of aromatic nitrogens is 2. The van der Waals surface area contributed by atoms with E-state index < -0.39 is 39.8 Å². The Bertz CT molecular complexity index is 1110. The molecular formula is C15H9F3N2O3. The maximum absolute atomic E-state index is 14.3. The molecule has 0 amide bonds. The lowest BCUT2D eigenvalue weighted by Gasteiger charge is -2.15. The van der Waals surface area contributed by atoms with Gasteiger partial charge in [-0.2, -0.15) is 0 Å². The first-order chi connectivity index (χ1) is 10.9. The van der Waals surface area contributed by atoms with E-state index in [2.05, 4.69) is 4.98 Å². The highest BCUT2D eigenvalue weighted by Crippen LogP contribution is 2.40. The van der Waals surface area contributed by atoms with Crippen LogP contribution in [0.25, 0.3) is 21.8 Å². The molecule has 1 saturated carbocycles. The Hall–Kier alpha value is -2.77. The Morgan fingerprint density at radius 1 is 1.13 bits per heavy atom. The molecule has 0 radical (unpaired) electrons. The van der Waals surface area contributed by atoms with E-state index in [1.807, 2.05) is 0 Å². The van der Waals surface area contributed by atoms with Gasteiger partial charge in [-0.15, -0.1) is 0 Å². The highest BCUT2D eigenvalue weighted by atomic mass is 19.2. The van der Waals surface area contributed by atoms with Crippen molar-refractivity contribution in [2.75, 3.05) is 0 Å². The average molecular weight is 322 g/mol. The predicted molar refractivity (Wildman–Crippen MR) is 76.1 cm³/mol. The van der Waals surface area contributed by atoms with Crippen molar-refractivity contribution in [1.29, 1.82) is 0 Å². The van der Waals surface area contributed by atoms with Crippen LogP contribution in [-0.4, -0.2) is 14.7 Å². The molecule has 8 heteroatoms. The molecule has 2 heterocycles. The third-order valence-electron chi connectivity index (χ3n) is 4.02. The fourth-order valence-corrected chi connectivity index (χ4v) is 2.91. The molecule has 0 bridgehead atoms. The molecular weight excluding hydrogens is 313 g/mol. The number of benzene rings is 1. The molecule has 3 aromatic rings. The van der Waals surface area contributed by atoms with Gasteiger partial charge in [-0.25, -0.2) is 13.2 Å². The van der Waals surface area contributed by atoms with Gasteiger partial charge >= 0.3 is 0 Å². The summed E-state index contributed by atoms with van der Waals surface area (Å²) < 4.78 is 42.7. The lowest BCUT2D eigenvalue weighted by atomic mass is 10.1. The van der Waals surface area contributed by atoms with E-state index in [0.29, 0.717) is 18.9 Å². The van der Waals surface area contributed by atoms with Crippen LogP contribution in [-0.2, 0) is 0 Å². The van der Waals surface area contributed by atoms with E-state index in [0.717, 1.165) is 6.07 Å². The van der Waals surface area contributed by atoms with Gasteiger partial charge in [-0.1, -0.05) is 0 Å². The predicted octanol–water partition coefficient (Wildman–Crippen LogP) is 2.30. The summed E-state index contributed by atoms with van der Waals surface area (Å²) in [7, 11) is 0. The number of hydrogen-bond acceptors (Lipinski definition) is 3. The first-order valence-electron chi connectivity index (χ1n) is 6.88. The molecule has 0 unspecified atom stereocenters. The highest BCUT2D eigenvalue weighted by Gasteiger charge is 2.31. The van der Waals surface area contributed by atoms with Crippen molar-refractivity contribution in [1.82, 2.24) is 9.55 Å². The topological polar surface area (TPSA) is 75.1 Å². The van der Waals surface area contributed by atoms with Crippen molar-refractivity contribution in [3.8, 4) is 5.88 Å². The maximum atomic E-state index is 14.3. The molecule has 1 aliphatic carbocycles. The van der Waals surface area contributed by atoms with Gasteiger partial charge in [0.05, 0.1) is 16.4 Å². The van der Waals surface area contributed by atoms with Crippen LogP contribution in [0.3, 0.4) is 0 Å². The minimum Gasteiger partial charge on any atom is -0.494 e. The molecule has 0 aliphatic heterocycles. The molecule has 1 fully saturated rings. The van der Waals surface area contributed by atoms with Gasteiger partial charge in [-0.3, -0.25) is 14.6 Å². The standard InChI is InChI=1S/C15H9F3N2O3/c16-7-3-6-13(12(18)11(7)17)20(5-1-2-5)8-4-9(21)19-15(23)10(8)14(6)22/h3-5H,1-2H2,(H2,19,21,23). The number of fused-ring (bicyclic) bond motifs is 2. The molecule has 2 aromatic heterocycles. The van der Waals surface area contributed by atoms with Crippen molar-refractivity contribution in [3.63, 3.8) is 0 Å². The Labute approximate surface area is 125 Å². The van der Waals surface area contributed by atoms with Crippen molar-refractivity contribution in [2.45, 2.75) is 18.9 Å². The lowest BCUT2D eigenvalue weighted by molar-refractivity contribution is 0.450. The monoisotopic (exact) mass is 322 g/mol. The van der Waals surface area contributed by atoms with Crippen LogP contribution in [0.15, 0.2) is 21.7 Å². The summed E-state index contributed by atoms with van der Waals surface area (Å²) in [5.74, 6) is -5.33. The minimum atomic E-state index is -1.68. The van der Waals surface area contributed by atoms with E-state index in [1.165, 1.54) is 4.57 Å². The van der Waals surface area contributed by atoms with E-state index in [9.17, 15) is 27.9 Å².